The lowest BCUT2D eigenvalue weighted by atomic mass is 10.1. The van der Waals surface area contributed by atoms with Crippen LogP contribution in [0.2, 0.25) is 13.1 Å². The van der Waals surface area contributed by atoms with Crippen LogP contribution in [0.3, 0.4) is 0 Å². The minimum Gasteiger partial charge on any atom is -0.467 e. The third-order valence-corrected chi connectivity index (χ3v) is 6.86. The van der Waals surface area contributed by atoms with Crippen molar-refractivity contribution in [1.29, 1.82) is 0 Å². The molecule has 0 saturated heterocycles. The highest BCUT2D eigenvalue weighted by molar-refractivity contribution is 7.56. The lowest BCUT2D eigenvalue weighted by Gasteiger charge is -2.22. The average molecular weight is 389 g/mol. The predicted octanol–water partition coefficient (Wildman–Crippen LogP) is 3.15. The van der Waals surface area contributed by atoms with E-state index in [0.29, 0.717) is 8.58 Å². The summed E-state index contributed by atoms with van der Waals surface area (Å²) in [7, 11) is 1.62. The Labute approximate surface area is 161 Å². The van der Waals surface area contributed by atoms with Crippen LogP contribution in [0.15, 0.2) is 42.5 Å². The molecule has 2 rings (SSSR count). The highest BCUT2D eigenvalue weighted by atomic mass is 31.1. The van der Waals surface area contributed by atoms with E-state index in [2.05, 4.69) is 81.6 Å². The van der Waals surface area contributed by atoms with Crippen molar-refractivity contribution in [3.8, 4) is 5.75 Å². The second kappa shape index (κ2) is 9.66. The van der Waals surface area contributed by atoms with Crippen molar-refractivity contribution >= 4 is 33.2 Å². The van der Waals surface area contributed by atoms with Gasteiger partial charge in [-0.25, -0.2) is 0 Å². The molecule has 0 bridgehead atoms. The average Bonchev–Trinajstić information content (AvgIpc) is 2.59. The van der Waals surface area contributed by atoms with E-state index in [1.165, 1.54) is 21.4 Å². The fraction of sp³-hybridized carbons (Fsp3) is 0.429. The Kier molecular flexibility index (Phi) is 7.84. The van der Waals surface area contributed by atoms with E-state index in [9.17, 15) is 0 Å². The van der Waals surface area contributed by atoms with Gasteiger partial charge in [0.1, 0.15) is 5.75 Å². The number of methoxy groups -OCH3 is 1. The molecular weight excluding hydrogens is 357 g/mol. The predicted molar refractivity (Wildman–Crippen MR) is 117 cm³/mol. The molecule has 1 radical (unpaired) electrons. The van der Waals surface area contributed by atoms with E-state index in [4.69, 9.17) is 9.47 Å². The van der Waals surface area contributed by atoms with E-state index < -0.39 is 8.80 Å². The summed E-state index contributed by atoms with van der Waals surface area (Å²) >= 11 is 0. The Morgan fingerprint density at radius 1 is 1.00 bits per heavy atom. The van der Waals surface area contributed by atoms with Crippen LogP contribution >= 0.6 is 8.58 Å². The van der Waals surface area contributed by atoms with Crippen LogP contribution in [0.4, 0.5) is 0 Å². The fourth-order valence-electron chi connectivity index (χ4n) is 2.60. The third kappa shape index (κ3) is 6.21. The highest BCUT2D eigenvalue weighted by Crippen LogP contribution is 2.21. The van der Waals surface area contributed by atoms with Crippen molar-refractivity contribution in [1.82, 2.24) is 5.32 Å². The van der Waals surface area contributed by atoms with Crippen molar-refractivity contribution in [2.45, 2.75) is 45.9 Å². The van der Waals surface area contributed by atoms with Gasteiger partial charge in [0.2, 0.25) is 0 Å². The van der Waals surface area contributed by atoms with Crippen molar-refractivity contribution < 1.29 is 9.47 Å². The molecule has 1 N–H and O–H groups in total. The van der Waals surface area contributed by atoms with Gasteiger partial charge < -0.3 is 14.8 Å². The van der Waals surface area contributed by atoms with Gasteiger partial charge in [0.25, 0.3) is 0 Å². The zero-order valence-electron chi connectivity index (χ0n) is 16.8. The first-order valence-electron chi connectivity index (χ1n) is 8.97. The summed E-state index contributed by atoms with van der Waals surface area (Å²) in [5, 5.41) is 7.56. The van der Waals surface area contributed by atoms with Gasteiger partial charge in [-0.3, -0.25) is 0 Å². The fourth-order valence-corrected chi connectivity index (χ4v) is 5.12. The number of rotatable bonds is 8. The van der Waals surface area contributed by atoms with Gasteiger partial charge in [0.15, 0.2) is 6.79 Å². The van der Waals surface area contributed by atoms with Gasteiger partial charge in [0, 0.05) is 24.5 Å². The highest BCUT2D eigenvalue weighted by Gasteiger charge is 2.16. The third-order valence-electron chi connectivity index (χ3n) is 3.97. The molecule has 0 aliphatic rings. The first-order chi connectivity index (χ1) is 12.3. The maximum atomic E-state index is 6.00. The van der Waals surface area contributed by atoms with Gasteiger partial charge in [0.05, 0.1) is 8.80 Å². The van der Waals surface area contributed by atoms with E-state index >= 15 is 0 Å². The SMILES string of the molecule is COCOc1c(Pc2ccccc2CNC(C)(C)C)cccc1[Si](C)C. The minimum absolute atomic E-state index is 0.102. The molecule has 2 aromatic rings. The van der Waals surface area contributed by atoms with Crippen LogP contribution in [0, 0.1) is 0 Å². The summed E-state index contributed by atoms with van der Waals surface area (Å²) in [6.45, 7) is 12.4. The number of benzene rings is 2. The molecule has 2 aromatic carbocycles. The monoisotopic (exact) mass is 388 g/mol. The molecule has 0 fully saturated rings. The molecule has 1 atom stereocenters. The van der Waals surface area contributed by atoms with Gasteiger partial charge in [-0.05, 0) is 36.8 Å². The van der Waals surface area contributed by atoms with Crippen molar-refractivity contribution in [3.63, 3.8) is 0 Å². The molecule has 0 saturated carbocycles. The summed E-state index contributed by atoms with van der Waals surface area (Å²) in [5.41, 5.74) is 1.45. The van der Waals surface area contributed by atoms with Gasteiger partial charge in [-0.1, -0.05) is 64.1 Å². The number of nitrogens with one attached hydrogen (secondary N) is 1. The standard InChI is InChI=1S/C21H31NO2PSi/c1-21(2,3)22-14-16-10-7-8-11-17(16)25-18-12-9-13-19(26(5)6)20(18)24-15-23-4/h7-13,22,25H,14-15H2,1-6H3. The van der Waals surface area contributed by atoms with E-state index in [1.807, 2.05) is 0 Å². The molecule has 26 heavy (non-hydrogen) atoms. The second-order valence-electron chi connectivity index (χ2n) is 7.62. The van der Waals surface area contributed by atoms with Gasteiger partial charge in [-0.2, -0.15) is 0 Å². The van der Waals surface area contributed by atoms with Crippen LogP contribution in [-0.2, 0) is 11.3 Å². The lowest BCUT2D eigenvalue weighted by Crippen LogP contribution is -2.36. The molecule has 3 nitrogen and oxygen atoms in total. The molecule has 0 aliphatic carbocycles. The van der Waals surface area contributed by atoms with Gasteiger partial charge in [-0.15, -0.1) is 0 Å². The second-order valence-corrected chi connectivity index (χ2v) is 11.5. The molecule has 0 aromatic heterocycles. The van der Waals surface area contributed by atoms with Crippen LogP contribution in [-0.4, -0.2) is 28.2 Å². The van der Waals surface area contributed by atoms with Crippen molar-refractivity contribution in [2.24, 2.45) is 0 Å². The summed E-state index contributed by atoms with van der Waals surface area (Å²) in [5.74, 6) is 1.02. The number of para-hydroxylation sites is 1. The van der Waals surface area contributed by atoms with E-state index in [-0.39, 0.29) is 12.3 Å². The molecule has 0 amide bonds. The smallest absolute Gasteiger partial charge is 0.188 e. The molecular formula is C21H31NO2PSi. The van der Waals surface area contributed by atoms with Crippen LogP contribution in [0.5, 0.6) is 5.75 Å². The molecule has 0 spiro atoms. The van der Waals surface area contributed by atoms with E-state index in [0.717, 1.165) is 12.3 Å². The largest absolute Gasteiger partial charge is 0.467 e. The van der Waals surface area contributed by atoms with Crippen molar-refractivity contribution in [2.75, 3.05) is 13.9 Å². The topological polar surface area (TPSA) is 30.5 Å². The molecule has 5 heteroatoms. The Bertz CT molecular complexity index is 713. The molecule has 1 unspecified atom stereocenters. The Morgan fingerprint density at radius 2 is 1.69 bits per heavy atom. The first-order valence-corrected chi connectivity index (χ1v) is 12.5. The Balaban J connectivity index is 2.32. The number of ether oxygens (including phenoxy) is 2. The maximum Gasteiger partial charge on any atom is 0.188 e. The zero-order chi connectivity index (χ0) is 19.2. The lowest BCUT2D eigenvalue weighted by molar-refractivity contribution is 0.0526. The zero-order valence-corrected chi connectivity index (χ0v) is 18.8. The summed E-state index contributed by atoms with van der Waals surface area (Å²) < 4.78 is 11.2. The number of hydrogen-bond acceptors (Lipinski definition) is 3. The minimum atomic E-state index is -0.613. The van der Waals surface area contributed by atoms with Crippen molar-refractivity contribution in [3.05, 3.63) is 48.0 Å². The molecule has 0 heterocycles. The Morgan fingerprint density at radius 3 is 2.35 bits per heavy atom. The first kappa shape index (κ1) is 21.1. The van der Waals surface area contributed by atoms with E-state index in [1.54, 1.807) is 7.11 Å². The molecule has 141 valence electrons. The quantitative estimate of drug-likeness (QED) is 0.428. The van der Waals surface area contributed by atoms with Gasteiger partial charge >= 0.3 is 0 Å². The normalized spacial score (nSPS) is 12.3. The molecule has 0 aliphatic heterocycles. The summed E-state index contributed by atoms with van der Waals surface area (Å²) in [6.07, 6.45) is 0. The maximum absolute atomic E-state index is 6.00. The van der Waals surface area contributed by atoms with Crippen LogP contribution in [0.1, 0.15) is 26.3 Å². The number of hydrogen-bond donors (Lipinski definition) is 1. The van der Waals surface area contributed by atoms with Crippen LogP contribution in [0.25, 0.3) is 0 Å². The van der Waals surface area contributed by atoms with Crippen LogP contribution < -0.4 is 25.8 Å². The Hall–Kier alpha value is -1.19. The summed E-state index contributed by atoms with van der Waals surface area (Å²) in [6, 6.07) is 15.2. The summed E-state index contributed by atoms with van der Waals surface area (Å²) in [4.78, 5) is 0.